The molecule has 0 aliphatic carbocycles. The molecule has 31 heavy (non-hydrogen) atoms. The summed E-state index contributed by atoms with van der Waals surface area (Å²) in [6.07, 6.45) is 2.19. The van der Waals surface area contributed by atoms with Crippen molar-refractivity contribution in [2.75, 3.05) is 6.54 Å². The van der Waals surface area contributed by atoms with Gasteiger partial charge in [0.05, 0.1) is 12.8 Å². The number of carbonyl (C=O) groups excluding carboxylic acids is 2. The topological polar surface area (TPSA) is 68.8 Å². The molecule has 1 atom stereocenters. The van der Waals surface area contributed by atoms with E-state index in [9.17, 15) is 9.59 Å². The van der Waals surface area contributed by atoms with Crippen LogP contribution in [0.3, 0.4) is 0 Å². The van der Waals surface area contributed by atoms with Gasteiger partial charge < -0.3 is 9.88 Å². The van der Waals surface area contributed by atoms with Crippen LogP contribution in [0.5, 0.6) is 0 Å². The summed E-state index contributed by atoms with van der Waals surface area (Å²) in [6.45, 7) is 0.395. The van der Waals surface area contributed by atoms with E-state index in [1.54, 1.807) is 11.1 Å². The van der Waals surface area contributed by atoms with Gasteiger partial charge in [0, 0.05) is 28.6 Å². The molecule has 2 amide bonds. The van der Waals surface area contributed by atoms with Gasteiger partial charge in [-0.15, -0.1) is 0 Å². The number of piperazine rings is 1. The second-order valence-electron chi connectivity index (χ2n) is 8.08. The third kappa shape index (κ3) is 2.83. The van der Waals surface area contributed by atoms with E-state index in [0.717, 1.165) is 38.5 Å². The van der Waals surface area contributed by atoms with Gasteiger partial charge in [0.25, 0.3) is 5.91 Å². The minimum Gasteiger partial charge on any atom is -0.357 e. The van der Waals surface area contributed by atoms with Gasteiger partial charge in [0.1, 0.15) is 12.6 Å². The van der Waals surface area contributed by atoms with Crippen molar-refractivity contribution < 1.29 is 9.59 Å². The Balaban J connectivity index is 1.32. The van der Waals surface area contributed by atoms with E-state index in [2.05, 4.69) is 16.2 Å². The summed E-state index contributed by atoms with van der Waals surface area (Å²) < 4.78 is 0. The zero-order chi connectivity index (χ0) is 20.9. The number of hydrazone groups is 1. The number of aromatic amines is 1. The van der Waals surface area contributed by atoms with Gasteiger partial charge in [-0.2, -0.15) is 5.10 Å². The summed E-state index contributed by atoms with van der Waals surface area (Å²) >= 11 is 0. The lowest BCUT2D eigenvalue weighted by atomic mass is 9.94. The van der Waals surface area contributed by atoms with Crippen LogP contribution in [-0.2, 0) is 22.6 Å². The Morgan fingerprint density at radius 1 is 0.903 bits per heavy atom. The molecule has 152 valence electrons. The third-order valence-corrected chi connectivity index (χ3v) is 6.31. The summed E-state index contributed by atoms with van der Waals surface area (Å²) in [5.74, 6) is -0.212. The van der Waals surface area contributed by atoms with E-state index in [1.165, 1.54) is 5.01 Å². The number of nitrogens with zero attached hydrogens (tertiary/aromatic N) is 3. The van der Waals surface area contributed by atoms with E-state index in [1.807, 2.05) is 60.7 Å². The molecule has 6 heteroatoms. The molecule has 2 aliphatic heterocycles. The van der Waals surface area contributed by atoms with Crippen LogP contribution in [0, 0.1) is 0 Å². The predicted octanol–water partition coefficient (Wildman–Crippen LogP) is 3.45. The van der Waals surface area contributed by atoms with Crippen molar-refractivity contribution in [2.45, 2.75) is 19.0 Å². The first-order chi connectivity index (χ1) is 15.2. The molecule has 6 nitrogen and oxygen atoms in total. The second-order valence-corrected chi connectivity index (χ2v) is 8.08. The van der Waals surface area contributed by atoms with Gasteiger partial charge in [-0.05, 0) is 22.4 Å². The van der Waals surface area contributed by atoms with Crippen LogP contribution < -0.4 is 0 Å². The molecule has 0 saturated carbocycles. The SMILES string of the molecule is O=C1C2Cc3c([nH]c4ccccc34)CN2C(=O)CN1N=Cc1cccc2ccccc12. The van der Waals surface area contributed by atoms with Gasteiger partial charge >= 0.3 is 0 Å². The summed E-state index contributed by atoms with van der Waals surface area (Å²) in [7, 11) is 0. The Morgan fingerprint density at radius 3 is 2.58 bits per heavy atom. The van der Waals surface area contributed by atoms with Crippen LogP contribution in [0.4, 0.5) is 0 Å². The maximum absolute atomic E-state index is 13.3. The van der Waals surface area contributed by atoms with Crippen molar-refractivity contribution in [3.8, 4) is 0 Å². The minimum atomic E-state index is -0.516. The van der Waals surface area contributed by atoms with Crippen molar-refractivity contribution in [2.24, 2.45) is 5.10 Å². The molecule has 3 aromatic carbocycles. The first kappa shape index (κ1) is 17.9. The Kier molecular flexibility index (Phi) is 3.93. The highest BCUT2D eigenvalue weighted by Crippen LogP contribution is 2.32. The molecule has 1 N–H and O–H groups in total. The molecule has 4 aromatic rings. The van der Waals surface area contributed by atoms with E-state index < -0.39 is 6.04 Å². The van der Waals surface area contributed by atoms with Crippen molar-refractivity contribution in [3.63, 3.8) is 0 Å². The fourth-order valence-corrected chi connectivity index (χ4v) is 4.75. The molecular formula is C25H20N4O2. The third-order valence-electron chi connectivity index (χ3n) is 6.31. The molecule has 1 saturated heterocycles. The molecule has 0 radical (unpaired) electrons. The summed E-state index contributed by atoms with van der Waals surface area (Å²) in [5, 5.41) is 9.05. The number of amides is 2. The van der Waals surface area contributed by atoms with Crippen LogP contribution in [0.15, 0.2) is 71.8 Å². The quantitative estimate of drug-likeness (QED) is 0.516. The number of rotatable bonds is 2. The zero-order valence-corrected chi connectivity index (χ0v) is 16.8. The fourth-order valence-electron chi connectivity index (χ4n) is 4.75. The molecule has 1 unspecified atom stereocenters. The number of hydrogen-bond acceptors (Lipinski definition) is 3. The Labute approximate surface area is 178 Å². The lowest BCUT2D eigenvalue weighted by molar-refractivity contribution is -0.157. The molecule has 3 heterocycles. The zero-order valence-electron chi connectivity index (χ0n) is 16.8. The smallest absolute Gasteiger partial charge is 0.266 e. The lowest BCUT2D eigenvalue weighted by Gasteiger charge is -2.40. The van der Waals surface area contributed by atoms with Crippen LogP contribution >= 0.6 is 0 Å². The summed E-state index contributed by atoms with van der Waals surface area (Å²) in [6, 6.07) is 21.6. The van der Waals surface area contributed by atoms with E-state index in [4.69, 9.17) is 0 Å². The Hall–Kier alpha value is -3.93. The lowest BCUT2D eigenvalue weighted by Crippen LogP contribution is -2.60. The molecule has 1 aromatic heterocycles. The van der Waals surface area contributed by atoms with Gasteiger partial charge in [-0.3, -0.25) is 9.59 Å². The molecule has 0 spiro atoms. The highest BCUT2D eigenvalue weighted by Gasteiger charge is 2.43. The predicted molar refractivity (Wildman–Crippen MR) is 120 cm³/mol. The van der Waals surface area contributed by atoms with Crippen LogP contribution in [0.2, 0.25) is 0 Å². The Bertz CT molecular complexity index is 1380. The van der Waals surface area contributed by atoms with Crippen LogP contribution in [0.25, 0.3) is 21.7 Å². The number of H-pyrrole nitrogens is 1. The number of nitrogens with one attached hydrogen (secondary N) is 1. The van der Waals surface area contributed by atoms with E-state index in [0.29, 0.717) is 13.0 Å². The normalized spacial score (nSPS) is 18.8. The molecule has 0 bridgehead atoms. The number of aromatic nitrogens is 1. The second kappa shape index (κ2) is 6.80. The number of fused-ring (bicyclic) bond motifs is 5. The highest BCUT2D eigenvalue weighted by atomic mass is 16.2. The fraction of sp³-hybridized carbons (Fsp3) is 0.160. The highest BCUT2D eigenvalue weighted by molar-refractivity contribution is 6.01. The van der Waals surface area contributed by atoms with Crippen molar-refractivity contribution in [3.05, 3.63) is 83.6 Å². The van der Waals surface area contributed by atoms with Gasteiger partial charge in [-0.25, -0.2) is 5.01 Å². The van der Waals surface area contributed by atoms with Crippen LogP contribution in [-0.4, -0.2) is 45.5 Å². The maximum Gasteiger partial charge on any atom is 0.266 e. The van der Waals surface area contributed by atoms with Gasteiger partial charge in [-0.1, -0.05) is 60.7 Å². The summed E-state index contributed by atoms with van der Waals surface area (Å²) in [5.41, 5.74) is 4.10. The van der Waals surface area contributed by atoms with Crippen molar-refractivity contribution in [1.82, 2.24) is 14.9 Å². The maximum atomic E-state index is 13.3. The number of carbonyl (C=O) groups is 2. The van der Waals surface area contributed by atoms with Crippen LogP contribution in [0.1, 0.15) is 16.8 Å². The first-order valence-electron chi connectivity index (χ1n) is 10.4. The summed E-state index contributed by atoms with van der Waals surface area (Å²) in [4.78, 5) is 31.2. The van der Waals surface area contributed by atoms with Gasteiger partial charge in [0.2, 0.25) is 5.91 Å². The monoisotopic (exact) mass is 408 g/mol. The van der Waals surface area contributed by atoms with E-state index >= 15 is 0 Å². The minimum absolute atomic E-state index is 0.0356. The molecule has 6 rings (SSSR count). The molecule has 2 aliphatic rings. The standard InChI is InChI=1S/C25H20N4O2/c30-24-15-29(26-13-17-8-5-7-16-6-1-2-9-18(16)17)25(31)23-12-20-19-10-3-4-11-21(19)27-22(20)14-28(23)24/h1-11,13,23,27H,12,14-15H2. The molecular weight excluding hydrogens is 388 g/mol. The largest absolute Gasteiger partial charge is 0.357 e. The molecule has 1 fully saturated rings. The Morgan fingerprint density at radius 2 is 1.68 bits per heavy atom. The number of benzene rings is 3. The van der Waals surface area contributed by atoms with Crippen molar-refractivity contribution >= 4 is 39.7 Å². The average Bonchev–Trinajstić information content (AvgIpc) is 3.17. The number of para-hydroxylation sites is 1. The van der Waals surface area contributed by atoms with Crippen molar-refractivity contribution in [1.29, 1.82) is 0 Å². The van der Waals surface area contributed by atoms with E-state index in [-0.39, 0.29) is 18.4 Å². The first-order valence-corrected chi connectivity index (χ1v) is 10.4. The van der Waals surface area contributed by atoms with Gasteiger partial charge in [0.15, 0.2) is 0 Å². The average molecular weight is 408 g/mol. The number of hydrogen-bond donors (Lipinski definition) is 1.